The number of hydrogen-bond donors (Lipinski definition) is 1. The van der Waals surface area contributed by atoms with Crippen LogP contribution in [0, 0.1) is 5.92 Å². The van der Waals surface area contributed by atoms with Gasteiger partial charge >= 0.3 is 16.8 Å². The van der Waals surface area contributed by atoms with Crippen molar-refractivity contribution in [3.8, 4) is 0 Å². The van der Waals surface area contributed by atoms with E-state index in [1.54, 1.807) is 26.0 Å². The van der Waals surface area contributed by atoms with E-state index in [4.69, 9.17) is 9.47 Å². The van der Waals surface area contributed by atoms with E-state index < -0.39 is 51.6 Å². The highest BCUT2D eigenvalue weighted by Crippen LogP contribution is 2.54. The minimum Gasteiger partial charge on any atom is -0.462 e. The average Bonchev–Trinajstić information content (AvgIpc) is 3.52. The molecule has 11 nitrogen and oxygen atoms in total. The van der Waals surface area contributed by atoms with Crippen LogP contribution in [0.25, 0.3) is 0 Å². The van der Waals surface area contributed by atoms with Gasteiger partial charge in [0.2, 0.25) is 17.7 Å². The van der Waals surface area contributed by atoms with E-state index in [9.17, 15) is 28.8 Å². The minimum atomic E-state index is -0.873. The summed E-state index contributed by atoms with van der Waals surface area (Å²) in [6, 6.07) is 19.6. The summed E-state index contributed by atoms with van der Waals surface area (Å²) >= 11 is 5.50. The molecule has 3 aromatic carbocycles. The van der Waals surface area contributed by atoms with E-state index in [2.05, 4.69) is 21.2 Å². The monoisotopic (exact) mass is 749 g/mol. The smallest absolute Gasteiger partial charge is 0.338 e. The zero-order valence-corrected chi connectivity index (χ0v) is 28.9. The molecule has 3 atom stereocenters. The summed E-state index contributed by atoms with van der Waals surface area (Å²) in [6.45, 7) is 3.53. The van der Waals surface area contributed by atoms with E-state index in [-0.39, 0.29) is 19.8 Å². The van der Waals surface area contributed by atoms with Gasteiger partial charge < -0.3 is 14.8 Å². The molecule has 6 rings (SSSR count). The molecule has 1 aromatic heterocycles. The van der Waals surface area contributed by atoms with E-state index >= 15 is 0 Å². The first-order valence-electron chi connectivity index (χ1n) is 15.0. The van der Waals surface area contributed by atoms with Crippen LogP contribution in [-0.4, -0.2) is 52.7 Å². The summed E-state index contributed by atoms with van der Waals surface area (Å²) in [4.78, 5) is 80.2. The molecule has 2 aliphatic rings. The van der Waals surface area contributed by atoms with Gasteiger partial charge in [0.05, 0.1) is 41.0 Å². The highest BCUT2D eigenvalue weighted by molar-refractivity contribution is 9.10. The highest BCUT2D eigenvalue weighted by atomic mass is 79.9. The van der Waals surface area contributed by atoms with E-state index in [1.165, 1.54) is 41.0 Å². The number of carbonyl (C=O) groups is 5. The third kappa shape index (κ3) is 6.34. The summed E-state index contributed by atoms with van der Waals surface area (Å²) in [5.41, 5.74) is 2.11. The number of ether oxygens (including phenoxy) is 2. The minimum absolute atomic E-state index is 0.211. The third-order valence-electron chi connectivity index (χ3n) is 7.90. The number of fused-ring (bicyclic) bond motifs is 2. The van der Waals surface area contributed by atoms with Gasteiger partial charge in [0.1, 0.15) is 11.8 Å². The molecule has 3 amide bonds. The first-order chi connectivity index (χ1) is 23.1. The number of thioether (sulfide) groups is 1. The number of carbonyl (C=O) groups excluding carboxylic acids is 5. The van der Waals surface area contributed by atoms with Gasteiger partial charge in [-0.1, -0.05) is 51.2 Å². The maximum atomic E-state index is 14.1. The van der Waals surface area contributed by atoms with Crippen LogP contribution >= 0.6 is 39.0 Å². The molecular weight excluding hydrogens is 722 g/mol. The standard InChI is InChI=1S/C34H28BrN3O8S2/c1-3-45-32(42)19-7-13-22(14-8-19)36-24(39)17-37-31-28(48-34(37)44)25(18-5-11-21(35)12-6-18)26-27(47-31)30(41)38(29(26)40)23-15-9-20(10-16-23)33(43)46-4-2/h5-16,25-27H,3-4,17H2,1-2H3,(H,36,39)/t25-,26-,27+/m0/s1. The molecule has 14 heteroatoms. The van der Waals surface area contributed by atoms with Crippen molar-refractivity contribution in [3.63, 3.8) is 0 Å². The number of aromatic nitrogens is 1. The quantitative estimate of drug-likeness (QED) is 0.175. The number of rotatable bonds is 9. The maximum Gasteiger partial charge on any atom is 0.338 e. The molecule has 4 aromatic rings. The second-order valence-corrected chi connectivity index (χ2v) is 13.9. The van der Waals surface area contributed by atoms with Crippen molar-refractivity contribution >= 4 is 80.1 Å². The Bertz CT molecular complexity index is 1970. The van der Waals surface area contributed by atoms with E-state index in [0.29, 0.717) is 32.4 Å². The summed E-state index contributed by atoms with van der Waals surface area (Å²) in [7, 11) is 0. The van der Waals surface area contributed by atoms with Gasteiger partial charge in [0, 0.05) is 21.0 Å². The predicted molar refractivity (Wildman–Crippen MR) is 184 cm³/mol. The third-order valence-corrected chi connectivity index (χ3v) is 11.0. The maximum absolute atomic E-state index is 14.1. The number of hydrogen-bond acceptors (Lipinski definition) is 10. The van der Waals surface area contributed by atoms with E-state index in [1.807, 2.05) is 24.3 Å². The molecule has 48 heavy (non-hydrogen) atoms. The zero-order valence-electron chi connectivity index (χ0n) is 25.6. The van der Waals surface area contributed by atoms with Gasteiger partial charge in [-0.15, -0.1) is 0 Å². The van der Waals surface area contributed by atoms with Gasteiger partial charge in [0.25, 0.3) is 0 Å². The normalized spacial score (nSPS) is 18.2. The Labute approximate surface area is 291 Å². The molecule has 0 radical (unpaired) electrons. The second-order valence-electron chi connectivity index (χ2n) is 10.8. The molecule has 0 saturated carbocycles. The van der Waals surface area contributed by atoms with Crippen molar-refractivity contribution in [1.82, 2.24) is 4.57 Å². The van der Waals surface area contributed by atoms with Crippen LogP contribution in [-0.2, 0) is 30.4 Å². The van der Waals surface area contributed by atoms with Crippen LogP contribution in [0.2, 0.25) is 0 Å². The van der Waals surface area contributed by atoms with Crippen LogP contribution in [0.15, 0.2) is 87.1 Å². The number of anilines is 2. The van der Waals surface area contributed by atoms with Gasteiger partial charge in [-0.05, 0) is 80.1 Å². The lowest BCUT2D eigenvalue weighted by molar-refractivity contribution is -0.122. The lowest BCUT2D eigenvalue weighted by Crippen LogP contribution is -2.33. The van der Waals surface area contributed by atoms with Crippen molar-refractivity contribution in [3.05, 3.63) is 109 Å². The number of nitrogens with zero attached hydrogens (tertiary/aromatic N) is 2. The number of imide groups is 1. The van der Waals surface area contributed by atoms with Crippen LogP contribution in [0.1, 0.15) is 50.9 Å². The Morgan fingerprint density at radius 2 is 1.40 bits per heavy atom. The van der Waals surface area contributed by atoms with Crippen molar-refractivity contribution in [2.24, 2.45) is 5.92 Å². The Kier molecular flexibility index (Phi) is 9.67. The van der Waals surface area contributed by atoms with Crippen molar-refractivity contribution in [2.75, 3.05) is 23.4 Å². The molecule has 1 fully saturated rings. The molecule has 246 valence electrons. The fourth-order valence-corrected chi connectivity index (χ4v) is 8.79. The first-order valence-corrected chi connectivity index (χ1v) is 17.5. The zero-order chi connectivity index (χ0) is 34.1. The number of amides is 3. The number of benzene rings is 3. The SMILES string of the molecule is CCOC(=O)c1ccc(NC(=O)Cn2c3c(sc2=O)[C@@H](c2ccc(Br)cc2)[C@@H]2C(=O)N(c4ccc(C(=O)OCC)cc4)C(=O)[C@@H]2S3)cc1. The van der Waals surface area contributed by atoms with Gasteiger partial charge in [0.15, 0.2) is 0 Å². The van der Waals surface area contributed by atoms with Crippen molar-refractivity contribution in [2.45, 2.75) is 36.6 Å². The average molecular weight is 751 g/mol. The molecule has 1 N–H and O–H groups in total. The highest BCUT2D eigenvalue weighted by Gasteiger charge is 2.56. The molecule has 2 aliphatic heterocycles. The Balaban J connectivity index is 1.31. The van der Waals surface area contributed by atoms with Crippen LogP contribution in [0.4, 0.5) is 11.4 Å². The van der Waals surface area contributed by atoms with Crippen LogP contribution in [0.5, 0.6) is 0 Å². The van der Waals surface area contributed by atoms with Crippen molar-refractivity contribution in [1.29, 1.82) is 0 Å². The summed E-state index contributed by atoms with van der Waals surface area (Å²) in [5, 5.41) is 2.33. The topological polar surface area (TPSA) is 141 Å². The van der Waals surface area contributed by atoms with Gasteiger partial charge in [-0.3, -0.25) is 23.7 Å². The number of nitrogens with one attached hydrogen (secondary N) is 1. The molecule has 0 unspecified atom stereocenters. The number of thiazole rings is 1. The molecular formula is C34H28BrN3O8S2. The molecule has 0 bridgehead atoms. The largest absolute Gasteiger partial charge is 0.462 e. The van der Waals surface area contributed by atoms with Gasteiger partial charge in [-0.25, -0.2) is 14.5 Å². The van der Waals surface area contributed by atoms with E-state index in [0.717, 1.165) is 38.0 Å². The second kappa shape index (κ2) is 13.9. The molecule has 0 aliphatic carbocycles. The fourth-order valence-electron chi connectivity index (χ4n) is 5.75. The van der Waals surface area contributed by atoms with Gasteiger partial charge in [-0.2, -0.15) is 0 Å². The van der Waals surface area contributed by atoms with Crippen molar-refractivity contribution < 1.29 is 33.4 Å². The summed E-state index contributed by atoms with van der Waals surface area (Å²) in [5.74, 6) is -3.80. The molecule has 1 saturated heterocycles. The number of halogens is 1. The van der Waals surface area contributed by atoms with Crippen LogP contribution in [0.3, 0.4) is 0 Å². The fraction of sp³-hybridized carbons (Fsp3) is 0.235. The predicted octanol–water partition coefficient (Wildman–Crippen LogP) is 5.46. The summed E-state index contributed by atoms with van der Waals surface area (Å²) in [6.07, 6.45) is 0. The van der Waals surface area contributed by atoms with Crippen LogP contribution < -0.4 is 15.1 Å². The Morgan fingerprint density at radius 3 is 1.98 bits per heavy atom. The summed E-state index contributed by atoms with van der Waals surface area (Å²) < 4.78 is 12.2. The Morgan fingerprint density at radius 1 is 0.812 bits per heavy atom. The molecule has 0 spiro atoms. The lowest BCUT2D eigenvalue weighted by Gasteiger charge is -2.30. The Hall–Kier alpha value is -4.53. The molecule has 3 heterocycles. The lowest BCUT2D eigenvalue weighted by atomic mass is 9.83. The number of esters is 2. The first kappa shape index (κ1) is 33.4.